The summed E-state index contributed by atoms with van der Waals surface area (Å²) in [6.07, 6.45) is 5.09. The monoisotopic (exact) mass is 138 g/mol. The molecule has 0 aromatic heterocycles. The van der Waals surface area contributed by atoms with Gasteiger partial charge in [0.2, 0.25) is 0 Å². The molecule has 0 amide bonds. The molecule has 0 aliphatic heterocycles. The van der Waals surface area contributed by atoms with E-state index >= 15 is 0 Å². The van der Waals surface area contributed by atoms with Crippen LogP contribution in [-0.2, 0) is 0 Å². The van der Waals surface area contributed by atoms with Crippen LogP contribution in [0.5, 0.6) is 0 Å². The van der Waals surface area contributed by atoms with Crippen molar-refractivity contribution in [3.63, 3.8) is 0 Å². The average molecular weight is 138 g/mol. The van der Waals surface area contributed by atoms with E-state index in [9.17, 15) is 0 Å². The minimum absolute atomic E-state index is 0.274. The van der Waals surface area contributed by atoms with Crippen LogP contribution in [0.3, 0.4) is 0 Å². The van der Waals surface area contributed by atoms with Gasteiger partial charge in [-0.3, -0.25) is 5.32 Å². The maximum Gasteiger partial charge on any atom is 0.0845 e. The lowest BCUT2D eigenvalue weighted by Gasteiger charge is -2.23. The molecule has 2 heteroatoms. The molecule has 1 aliphatic carbocycles. The number of hydrogen-bond acceptors (Lipinski definition) is 2. The van der Waals surface area contributed by atoms with Gasteiger partial charge in [0.15, 0.2) is 0 Å². The third-order valence-electron chi connectivity index (χ3n) is 2.30. The number of rotatable bonds is 2. The van der Waals surface area contributed by atoms with Crippen LogP contribution < -0.4 is 5.32 Å². The SMILES string of the molecule is CC1(NCC#N)CCCC1. The molecule has 0 radical (unpaired) electrons. The molecule has 1 aliphatic rings. The summed E-state index contributed by atoms with van der Waals surface area (Å²) < 4.78 is 0. The van der Waals surface area contributed by atoms with Crippen molar-refractivity contribution in [2.24, 2.45) is 0 Å². The molecule has 0 spiro atoms. The highest BCUT2D eigenvalue weighted by Crippen LogP contribution is 2.28. The van der Waals surface area contributed by atoms with Crippen molar-refractivity contribution in [1.82, 2.24) is 5.32 Å². The molecular formula is C8H14N2. The second-order valence-corrected chi connectivity index (χ2v) is 3.28. The second kappa shape index (κ2) is 3.03. The molecule has 1 fully saturated rings. The van der Waals surface area contributed by atoms with Crippen LogP contribution in [0.4, 0.5) is 0 Å². The Morgan fingerprint density at radius 2 is 2.10 bits per heavy atom. The van der Waals surface area contributed by atoms with Gasteiger partial charge < -0.3 is 0 Å². The average Bonchev–Trinajstić information content (AvgIpc) is 2.33. The summed E-state index contributed by atoms with van der Waals surface area (Å²) in [5.74, 6) is 0. The highest BCUT2D eigenvalue weighted by molar-refractivity contribution is 4.91. The molecule has 0 aromatic carbocycles. The number of hydrogen-bond donors (Lipinski definition) is 1. The predicted molar refractivity (Wildman–Crippen MR) is 40.5 cm³/mol. The Labute approximate surface area is 62.2 Å². The number of nitrogens with zero attached hydrogens (tertiary/aromatic N) is 1. The lowest BCUT2D eigenvalue weighted by Crippen LogP contribution is -2.39. The molecule has 56 valence electrons. The largest absolute Gasteiger partial charge is 0.299 e. The highest BCUT2D eigenvalue weighted by Gasteiger charge is 2.27. The summed E-state index contributed by atoms with van der Waals surface area (Å²) in [4.78, 5) is 0. The van der Waals surface area contributed by atoms with Crippen LogP contribution in [0.1, 0.15) is 32.6 Å². The molecule has 0 saturated heterocycles. The molecule has 2 nitrogen and oxygen atoms in total. The first kappa shape index (κ1) is 7.56. The number of nitrogens with one attached hydrogen (secondary N) is 1. The summed E-state index contributed by atoms with van der Waals surface area (Å²) in [7, 11) is 0. The van der Waals surface area contributed by atoms with E-state index < -0.39 is 0 Å². The Hall–Kier alpha value is -0.550. The van der Waals surface area contributed by atoms with Gasteiger partial charge in [0.05, 0.1) is 12.6 Å². The van der Waals surface area contributed by atoms with Gasteiger partial charge in [-0.25, -0.2) is 0 Å². The minimum atomic E-state index is 0.274. The summed E-state index contributed by atoms with van der Waals surface area (Å²) in [5.41, 5.74) is 0.274. The van der Waals surface area contributed by atoms with Crippen LogP contribution in [0.25, 0.3) is 0 Å². The Kier molecular flexibility index (Phi) is 2.29. The second-order valence-electron chi connectivity index (χ2n) is 3.28. The van der Waals surface area contributed by atoms with Crippen molar-refractivity contribution in [3.05, 3.63) is 0 Å². The Morgan fingerprint density at radius 3 is 2.60 bits per heavy atom. The first-order chi connectivity index (χ1) is 4.77. The Morgan fingerprint density at radius 1 is 1.50 bits per heavy atom. The van der Waals surface area contributed by atoms with E-state index in [1.165, 1.54) is 25.7 Å². The fourth-order valence-electron chi connectivity index (χ4n) is 1.59. The molecule has 0 atom stereocenters. The van der Waals surface area contributed by atoms with Crippen molar-refractivity contribution >= 4 is 0 Å². The van der Waals surface area contributed by atoms with Crippen LogP contribution in [0.15, 0.2) is 0 Å². The normalized spacial score (nSPS) is 22.4. The smallest absolute Gasteiger partial charge is 0.0845 e. The van der Waals surface area contributed by atoms with Crippen molar-refractivity contribution in [2.45, 2.75) is 38.1 Å². The van der Waals surface area contributed by atoms with Crippen molar-refractivity contribution in [1.29, 1.82) is 5.26 Å². The van der Waals surface area contributed by atoms with Gasteiger partial charge in [0.1, 0.15) is 0 Å². The lowest BCUT2D eigenvalue weighted by atomic mass is 10.0. The molecule has 1 saturated carbocycles. The van der Waals surface area contributed by atoms with E-state index in [1.807, 2.05) is 0 Å². The number of nitriles is 1. The van der Waals surface area contributed by atoms with Gasteiger partial charge in [0, 0.05) is 5.54 Å². The van der Waals surface area contributed by atoms with Crippen molar-refractivity contribution in [3.8, 4) is 6.07 Å². The van der Waals surface area contributed by atoms with E-state index in [4.69, 9.17) is 5.26 Å². The molecule has 0 unspecified atom stereocenters. The van der Waals surface area contributed by atoms with E-state index in [2.05, 4.69) is 18.3 Å². The van der Waals surface area contributed by atoms with Crippen molar-refractivity contribution < 1.29 is 0 Å². The third-order valence-corrected chi connectivity index (χ3v) is 2.30. The Bertz CT molecular complexity index is 140. The fourth-order valence-corrected chi connectivity index (χ4v) is 1.59. The minimum Gasteiger partial charge on any atom is -0.299 e. The quantitative estimate of drug-likeness (QED) is 0.586. The molecule has 0 heterocycles. The van der Waals surface area contributed by atoms with Gasteiger partial charge in [0.25, 0.3) is 0 Å². The van der Waals surface area contributed by atoms with Crippen LogP contribution in [-0.4, -0.2) is 12.1 Å². The maximum absolute atomic E-state index is 8.33. The maximum atomic E-state index is 8.33. The van der Waals surface area contributed by atoms with Crippen molar-refractivity contribution in [2.75, 3.05) is 6.54 Å². The zero-order valence-electron chi connectivity index (χ0n) is 6.48. The van der Waals surface area contributed by atoms with Gasteiger partial charge in [-0.2, -0.15) is 5.26 Å². The van der Waals surface area contributed by atoms with Gasteiger partial charge in [-0.15, -0.1) is 0 Å². The fraction of sp³-hybridized carbons (Fsp3) is 0.875. The van der Waals surface area contributed by atoms with E-state index in [1.54, 1.807) is 0 Å². The standard InChI is InChI=1S/C8H14N2/c1-8(10-7-6-9)4-2-3-5-8/h10H,2-5,7H2,1H3. The topological polar surface area (TPSA) is 35.8 Å². The highest BCUT2D eigenvalue weighted by atomic mass is 15.0. The van der Waals surface area contributed by atoms with E-state index in [-0.39, 0.29) is 5.54 Å². The zero-order valence-corrected chi connectivity index (χ0v) is 6.48. The molecule has 0 aromatic rings. The summed E-state index contributed by atoms with van der Waals surface area (Å²) in [5, 5.41) is 11.6. The van der Waals surface area contributed by atoms with Crippen LogP contribution in [0, 0.1) is 11.3 Å². The Balaban J connectivity index is 2.30. The zero-order chi connectivity index (χ0) is 7.45. The van der Waals surface area contributed by atoms with Crippen LogP contribution >= 0.6 is 0 Å². The summed E-state index contributed by atoms with van der Waals surface area (Å²) in [6, 6.07) is 2.11. The summed E-state index contributed by atoms with van der Waals surface area (Å²) in [6.45, 7) is 2.70. The van der Waals surface area contributed by atoms with Gasteiger partial charge in [-0.05, 0) is 19.8 Å². The first-order valence-corrected chi connectivity index (χ1v) is 3.89. The third kappa shape index (κ3) is 1.71. The molecule has 0 bridgehead atoms. The lowest BCUT2D eigenvalue weighted by molar-refractivity contribution is 0.384. The molecule has 1 rings (SSSR count). The first-order valence-electron chi connectivity index (χ1n) is 3.89. The van der Waals surface area contributed by atoms with Crippen LogP contribution in [0.2, 0.25) is 0 Å². The summed E-state index contributed by atoms with van der Waals surface area (Å²) >= 11 is 0. The molecular weight excluding hydrogens is 124 g/mol. The molecule has 1 N–H and O–H groups in total. The van der Waals surface area contributed by atoms with Gasteiger partial charge in [-0.1, -0.05) is 12.8 Å². The van der Waals surface area contributed by atoms with E-state index in [0.717, 1.165) is 0 Å². The van der Waals surface area contributed by atoms with E-state index in [0.29, 0.717) is 6.54 Å². The van der Waals surface area contributed by atoms with Gasteiger partial charge >= 0.3 is 0 Å². The predicted octanol–water partition coefficient (Wildman–Crippen LogP) is 1.43. The molecule has 10 heavy (non-hydrogen) atoms.